The summed E-state index contributed by atoms with van der Waals surface area (Å²) in [6.07, 6.45) is 2.97. The molecule has 4 nitrogen and oxygen atoms in total. The Labute approximate surface area is 207 Å². The van der Waals surface area contributed by atoms with Crippen LogP contribution in [0.15, 0.2) is 47.2 Å². The van der Waals surface area contributed by atoms with Crippen LogP contribution in [0.3, 0.4) is 0 Å². The molecule has 0 saturated heterocycles. The van der Waals surface area contributed by atoms with Gasteiger partial charge in [0.2, 0.25) is 0 Å². The zero-order chi connectivity index (χ0) is 25.1. The smallest absolute Gasteiger partial charge is 0.287 e. The quantitative estimate of drug-likeness (QED) is 0.296. The Kier molecular flexibility index (Phi) is 8.70. The number of pyridine rings is 1. The Hall–Kier alpha value is -1.62. The molecule has 1 aliphatic carbocycles. The third-order valence-corrected chi connectivity index (χ3v) is 7.29. The summed E-state index contributed by atoms with van der Waals surface area (Å²) in [5, 5.41) is 6.09. The largest absolute Gasteiger partial charge is 0.382 e. The number of halogens is 3. The average molecular weight is 528 g/mol. The number of alkyl halides is 3. The highest BCUT2D eigenvalue weighted by molar-refractivity contribution is 8.02. The lowest BCUT2D eigenvalue weighted by atomic mass is 9.90. The molecule has 3 rings (SSSR count). The molecule has 2 N–H and O–H groups in total. The minimum Gasteiger partial charge on any atom is -0.382 e. The molecule has 1 fully saturated rings. The first kappa shape index (κ1) is 27.0. The van der Waals surface area contributed by atoms with Gasteiger partial charge in [-0.05, 0) is 61.8 Å². The predicted octanol–water partition coefficient (Wildman–Crippen LogP) is 6.72. The number of carbonyl (C=O) groups is 1. The summed E-state index contributed by atoms with van der Waals surface area (Å²) in [7, 11) is 3.92. The average Bonchev–Trinajstić information content (AvgIpc) is 2.75. The summed E-state index contributed by atoms with van der Waals surface area (Å²) in [6.45, 7) is 6.46. The number of anilines is 1. The second-order valence-electron chi connectivity index (χ2n) is 8.69. The molecule has 1 aliphatic rings. The summed E-state index contributed by atoms with van der Waals surface area (Å²) in [4.78, 5) is 17.6. The van der Waals surface area contributed by atoms with Crippen LogP contribution in [0.1, 0.15) is 59.9 Å². The monoisotopic (exact) mass is 527 g/mol. The van der Waals surface area contributed by atoms with Crippen molar-refractivity contribution in [2.45, 2.75) is 67.6 Å². The van der Waals surface area contributed by atoms with E-state index in [4.69, 9.17) is 0 Å². The van der Waals surface area contributed by atoms with Gasteiger partial charge in [-0.3, -0.25) is 4.79 Å². The number of aryl methyl sites for hydroxylation is 1. The molecule has 10 heteroatoms. The summed E-state index contributed by atoms with van der Waals surface area (Å²) < 4.78 is 42.3. The third-order valence-electron chi connectivity index (χ3n) is 5.76. The van der Waals surface area contributed by atoms with Gasteiger partial charge in [-0.2, -0.15) is 8.78 Å². The molecular weight excluding hydrogens is 497 g/mol. The van der Waals surface area contributed by atoms with E-state index < -0.39 is 16.8 Å². The van der Waals surface area contributed by atoms with Crippen LogP contribution in [0.25, 0.3) is 0 Å². The van der Waals surface area contributed by atoms with Crippen LogP contribution in [-0.2, 0) is 11.1 Å². The SMILES string of the molecule is C=CSc1c(C)cccc1C(=O)NC1CCC(Nc2cc(C(C)(F)F)nc(C(F)(P)P)c2)CC1. The van der Waals surface area contributed by atoms with E-state index >= 15 is 0 Å². The van der Waals surface area contributed by atoms with E-state index in [2.05, 4.69) is 22.2 Å². The van der Waals surface area contributed by atoms with Gasteiger partial charge < -0.3 is 10.6 Å². The Morgan fingerprint density at radius 3 is 2.35 bits per heavy atom. The Morgan fingerprint density at radius 1 is 1.15 bits per heavy atom. The maximum atomic E-state index is 14.4. The molecule has 2 atom stereocenters. The van der Waals surface area contributed by atoms with E-state index in [1.165, 1.54) is 23.9 Å². The standard InChI is InChI=1S/C24H30F3N3OP2S/c1-4-34-21-14(2)6-5-7-18(21)22(31)29-16-10-8-15(9-11-16)28-17-12-19(23(3,25)26)30-20(13-17)24(27,32)33/h4-7,12-13,15-16H,1,8-11,32-33H2,2-3H3,(H,28,30)(H,29,31). The van der Waals surface area contributed by atoms with Gasteiger partial charge in [0.1, 0.15) is 5.69 Å². The summed E-state index contributed by atoms with van der Waals surface area (Å²) in [5.41, 5.74) is 1.48. The van der Waals surface area contributed by atoms with Gasteiger partial charge in [-0.1, -0.05) is 49.0 Å². The second kappa shape index (κ2) is 11.0. The number of nitrogens with one attached hydrogen (secondary N) is 2. The minimum atomic E-state index is -3.19. The van der Waals surface area contributed by atoms with Gasteiger partial charge in [-0.15, -0.1) is 0 Å². The third kappa shape index (κ3) is 6.96. The lowest BCUT2D eigenvalue weighted by molar-refractivity contribution is 0.0125. The van der Waals surface area contributed by atoms with Crippen molar-refractivity contribution in [2.75, 3.05) is 5.32 Å². The van der Waals surface area contributed by atoms with Crippen LogP contribution in [0, 0.1) is 6.92 Å². The Bertz CT molecular complexity index is 1020. The minimum absolute atomic E-state index is 0.0220. The number of rotatable bonds is 8. The normalized spacial score (nSPS) is 18.9. The zero-order valence-electron chi connectivity index (χ0n) is 19.2. The van der Waals surface area contributed by atoms with E-state index in [9.17, 15) is 18.0 Å². The van der Waals surface area contributed by atoms with Crippen LogP contribution in [0.2, 0.25) is 0 Å². The number of benzene rings is 1. The number of thioether (sulfide) groups is 1. The molecule has 1 heterocycles. The van der Waals surface area contributed by atoms with Gasteiger partial charge >= 0.3 is 0 Å². The fourth-order valence-corrected chi connectivity index (χ4v) is 4.99. The Morgan fingerprint density at radius 2 is 1.76 bits per heavy atom. The van der Waals surface area contributed by atoms with Gasteiger partial charge in [0.15, 0.2) is 5.15 Å². The fraction of sp³-hybridized carbons (Fsp3) is 0.417. The molecular formula is C24H30F3N3OP2S. The van der Waals surface area contributed by atoms with Crippen LogP contribution in [-0.4, -0.2) is 23.0 Å². The first-order valence-corrected chi connectivity index (χ1v) is 13.0. The fourth-order valence-electron chi connectivity index (χ4n) is 3.99. The highest BCUT2D eigenvalue weighted by Crippen LogP contribution is 2.41. The van der Waals surface area contributed by atoms with Crippen molar-refractivity contribution in [2.24, 2.45) is 0 Å². The van der Waals surface area contributed by atoms with Crippen LogP contribution >= 0.6 is 30.2 Å². The van der Waals surface area contributed by atoms with Crippen molar-refractivity contribution < 1.29 is 18.0 Å². The van der Waals surface area contributed by atoms with Gasteiger partial charge in [-0.25, -0.2) is 9.37 Å². The van der Waals surface area contributed by atoms with E-state index in [1.54, 1.807) is 5.41 Å². The van der Waals surface area contributed by atoms with Crippen molar-refractivity contribution >= 4 is 41.8 Å². The maximum absolute atomic E-state index is 14.4. The van der Waals surface area contributed by atoms with Gasteiger partial charge in [0.05, 0.1) is 11.3 Å². The molecule has 1 aromatic carbocycles. The lowest BCUT2D eigenvalue weighted by Gasteiger charge is -2.31. The molecule has 2 unspecified atom stereocenters. The summed E-state index contributed by atoms with van der Waals surface area (Å²) in [5.74, 6) is -3.30. The molecule has 184 valence electrons. The van der Waals surface area contributed by atoms with E-state index in [1.807, 2.05) is 43.6 Å². The van der Waals surface area contributed by atoms with E-state index in [0.717, 1.165) is 43.1 Å². The van der Waals surface area contributed by atoms with Crippen molar-refractivity contribution in [3.63, 3.8) is 0 Å². The van der Waals surface area contributed by atoms with Crippen LogP contribution in [0.4, 0.5) is 18.9 Å². The molecule has 1 saturated carbocycles. The van der Waals surface area contributed by atoms with Crippen molar-refractivity contribution in [3.05, 3.63) is 64.8 Å². The number of aromatic nitrogens is 1. The molecule has 0 spiro atoms. The number of carbonyl (C=O) groups excluding carboxylic acids is 1. The van der Waals surface area contributed by atoms with Crippen molar-refractivity contribution in [1.29, 1.82) is 0 Å². The molecule has 0 radical (unpaired) electrons. The molecule has 2 aromatic rings. The van der Waals surface area contributed by atoms with Crippen LogP contribution in [0.5, 0.6) is 0 Å². The van der Waals surface area contributed by atoms with E-state index in [0.29, 0.717) is 11.3 Å². The molecule has 0 bridgehead atoms. The highest BCUT2D eigenvalue weighted by atomic mass is 32.2. The van der Waals surface area contributed by atoms with Gasteiger partial charge in [0, 0.05) is 29.6 Å². The van der Waals surface area contributed by atoms with E-state index in [-0.39, 0.29) is 23.7 Å². The number of hydrogen-bond acceptors (Lipinski definition) is 4. The molecule has 1 amide bonds. The van der Waals surface area contributed by atoms with Crippen molar-refractivity contribution in [1.82, 2.24) is 10.3 Å². The Balaban J connectivity index is 1.64. The summed E-state index contributed by atoms with van der Waals surface area (Å²) in [6, 6.07) is 8.42. The second-order valence-corrected chi connectivity index (χ2v) is 12.0. The predicted molar refractivity (Wildman–Crippen MR) is 140 cm³/mol. The molecule has 1 aromatic heterocycles. The molecule has 0 aliphatic heterocycles. The number of nitrogens with zero attached hydrogens (tertiary/aromatic N) is 1. The zero-order valence-corrected chi connectivity index (χ0v) is 22.3. The van der Waals surface area contributed by atoms with Crippen LogP contribution < -0.4 is 10.6 Å². The lowest BCUT2D eigenvalue weighted by Crippen LogP contribution is -2.40. The molecule has 34 heavy (non-hydrogen) atoms. The maximum Gasteiger partial charge on any atom is 0.287 e. The first-order valence-electron chi connectivity index (χ1n) is 11.0. The first-order chi connectivity index (χ1) is 15.9. The number of amides is 1. The van der Waals surface area contributed by atoms with Gasteiger partial charge in [0.25, 0.3) is 11.8 Å². The van der Waals surface area contributed by atoms with Crippen molar-refractivity contribution in [3.8, 4) is 0 Å². The summed E-state index contributed by atoms with van der Waals surface area (Å²) >= 11 is 1.43. The highest BCUT2D eigenvalue weighted by Gasteiger charge is 2.31. The number of hydrogen-bond donors (Lipinski definition) is 2. The topological polar surface area (TPSA) is 54.0 Å².